The number of hydrogen-bond acceptors (Lipinski definition) is 5. The molecule has 0 bridgehead atoms. The molecule has 148 valence electrons. The van der Waals surface area contributed by atoms with E-state index in [1.165, 1.54) is 0 Å². The van der Waals surface area contributed by atoms with Gasteiger partial charge in [0.15, 0.2) is 0 Å². The van der Waals surface area contributed by atoms with E-state index in [-0.39, 0.29) is 29.3 Å². The molecular formula is C17H20F4N4O2. The lowest BCUT2D eigenvalue weighted by Crippen LogP contribution is -2.42. The molecule has 1 unspecified atom stereocenters. The van der Waals surface area contributed by atoms with Gasteiger partial charge in [0.1, 0.15) is 11.4 Å². The summed E-state index contributed by atoms with van der Waals surface area (Å²) in [6.45, 7) is 5.36. The molecule has 0 radical (unpaired) electrons. The van der Waals surface area contributed by atoms with Crippen LogP contribution in [-0.2, 0) is 6.18 Å². The number of aromatic nitrogens is 2. The fourth-order valence-corrected chi connectivity index (χ4v) is 3.61. The quantitative estimate of drug-likeness (QED) is 0.701. The van der Waals surface area contributed by atoms with Crippen molar-refractivity contribution < 1.29 is 22.0 Å². The smallest absolute Gasteiger partial charge is 0.388 e. The van der Waals surface area contributed by atoms with Crippen molar-refractivity contribution in [3.8, 4) is 11.5 Å². The van der Waals surface area contributed by atoms with Crippen LogP contribution in [0.5, 0.6) is 0 Å². The van der Waals surface area contributed by atoms with E-state index in [1.807, 2.05) is 12.0 Å². The van der Waals surface area contributed by atoms with Gasteiger partial charge in [-0.1, -0.05) is 6.92 Å². The Bertz CT molecular complexity index is 861. The summed E-state index contributed by atoms with van der Waals surface area (Å²) in [7, 11) is 0. The van der Waals surface area contributed by atoms with E-state index in [4.69, 9.17) is 4.42 Å². The zero-order valence-electron chi connectivity index (χ0n) is 14.8. The lowest BCUT2D eigenvalue weighted by molar-refractivity contribution is -0.139. The fraction of sp³-hybridized carbons (Fsp3) is 0.529. The van der Waals surface area contributed by atoms with Crippen molar-refractivity contribution in [2.75, 3.05) is 18.4 Å². The van der Waals surface area contributed by atoms with Crippen LogP contribution >= 0.6 is 0 Å². The van der Waals surface area contributed by atoms with Gasteiger partial charge in [-0.3, -0.25) is 0 Å². The van der Waals surface area contributed by atoms with E-state index >= 15 is 0 Å². The van der Waals surface area contributed by atoms with E-state index < -0.39 is 29.0 Å². The first-order valence-electron chi connectivity index (χ1n) is 8.60. The molecular weight excluding hydrogens is 368 g/mol. The molecule has 10 heteroatoms. The Hall–Kier alpha value is -2.36. The van der Waals surface area contributed by atoms with Crippen molar-refractivity contribution in [2.45, 2.75) is 32.5 Å². The first-order chi connectivity index (χ1) is 12.7. The summed E-state index contributed by atoms with van der Waals surface area (Å²) in [6.07, 6.45) is -4.08. The van der Waals surface area contributed by atoms with E-state index in [0.29, 0.717) is 6.07 Å². The number of halogens is 4. The third-order valence-electron chi connectivity index (χ3n) is 4.94. The average molecular weight is 388 g/mol. The summed E-state index contributed by atoms with van der Waals surface area (Å²) >= 11 is 0. The van der Waals surface area contributed by atoms with Crippen LogP contribution in [0.25, 0.3) is 11.5 Å². The molecule has 6 nitrogen and oxygen atoms in total. The molecule has 3 atom stereocenters. The van der Waals surface area contributed by atoms with Gasteiger partial charge in [-0.2, -0.15) is 13.2 Å². The molecule has 2 heterocycles. The van der Waals surface area contributed by atoms with Gasteiger partial charge >= 0.3 is 11.9 Å². The molecule has 1 aromatic heterocycles. The van der Waals surface area contributed by atoms with E-state index in [0.717, 1.165) is 25.6 Å². The Balaban J connectivity index is 2.00. The van der Waals surface area contributed by atoms with Gasteiger partial charge in [0, 0.05) is 11.6 Å². The molecule has 1 saturated heterocycles. The Morgan fingerprint density at radius 2 is 2.11 bits per heavy atom. The lowest BCUT2D eigenvalue weighted by atomic mass is 9.82. The number of hydrogen-bond donors (Lipinski definition) is 3. The highest BCUT2D eigenvalue weighted by Crippen LogP contribution is 2.40. The van der Waals surface area contributed by atoms with Crippen LogP contribution in [0.4, 0.5) is 23.2 Å². The van der Waals surface area contributed by atoms with Crippen molar-refractivity contribution in [3.05, 3.63) is 34.1 Å². The van der Waals surface area contributed by atoms with Gasteiger partial charge in [-0.05, 0) is 50.4 Å². The largest absolute Gasteiger partial charge is 0.434 e. The molecule has 1 aliphatic rings. The highest BCUT2D eigenvalue weighted by Gasteiger charge is 2.39. The number of piperidine rings is 1. The number of nitrogens with zero attached hydrogens (tertiary/aromatic N) is 1. The average Bonchev–Trinajstić information content (AvgIpc) is 3.00. The van der Waals surface area contributed by atoms with Crippen LogP contribution in [0.1, 0.15) is 25.8 Å². The number of benzene rings is 1. The zero-order chi connectivity index (χ0) is 19.8. The molecule has 3 rings (SSSR count). The minimum atomic E-state index is -4.88. The SMILES string of the molecule is CC(Nc1cc(-c2n[nH]c(=O)o2)cc(F)c1C(F)(F)F)[C@H]1CCNC[C@H]1C. The molecule has 3 N–H and O–H groups in total. The normalized spacial score (nSPS) is 21.9. The summed E-state index contributed by atoms with van der Waals surface area (Å²) in [6, 6.07) is 1.45. The van der Waals surface area contributed by atoms with Gasteiger partial charge in [0.05, 0.1) is 5.69 Å². The maximum absolute atomic E-state index is 14.3. The van der Waals surface area contributed by atoms with Crippen LogP contribution in [0, 0.1) is 17.7 Å². The molecule has 27 heavy (non-hydrogen) atoms. The number of anilines is 1. The van der Waals surface area contributed by atoms with Crippen molar-refractivity contribution in [2.24, 2.45) is 11.8 Å². The molecule has 0 saturated carbocycles. The molecule has 0 amide bonds. The summed E-state index contributed by atoms with van der Waals surface area (Å²) in [4.78, 5) is 11.1. The van der Waals surface area contributed by atoms with Gasteiger partial charge in [-0.15, -0.1) is 5.10 Å². The van der Waals surface area contributed by atoms with E-state index in [9.17, 15) is 22.4 Å². The second-order valence-electron chi connectivity index (χ2n) is 6.86. The first kappa shape index (κ1) is 19.4. The number of alkyl halides is 3. The maximum Gasteiger partial charge on any atom is 0.434 e. The van der Waals surface area contributed by atoms with Crippen LogP contribution in [-0.4, -0.2) is 29.3 Å². The second kappa shape index (κ2) is 7.34. The Morgan fingerprint density at radius 3 is 2.70 bits per heavy atom. The van der Waals surface area contributed by atoms with Crippen LogP contribution < -0.4 is 16.4 Å². The topological polar surface area (TPSA) is 83.0 Å². The summed E-state index contributed by atoms with van der Waals surface area (Å²) in [5, 5.41) is 11.6. The molecule has 2 aromatic rings. The lowest BCUT2D eigenvalue weighted by Gasteiger charge is -2.35. The van der Waals surface area contributed by atoms with Crippen molar-refractivity contribution in [1.82, 2.24) is 15.5 Å². The first-order valence-corrected chi connectivity index (χ1v) is 8.60. The predicted octanol–water partition coefficient (Wildman–Crippen LogP) is 3.23. The zero-order valence-corrected chi connectivity index (χ0v) is 14.8. The Labute approximate surface area is 152 Å². The van der Waals surface area contributed by atoms with Gasteiger partial charge in [0.2, 0.25) is 5.89 Å². The highest BCUT2D eigenvalue weighted by atomic mass is 19.4. The van der Waals surface area contributed by atoms with Crippen LogP contribution in [0.3, 0.4) is 0 Å². The molecule has 1 aliphatic heterocycles. The van der Waals surface area contributed by atoms with Gasteiger partial charge < -0.3 is 15.1 Å². The second-order valence-corrected chi connectivity index (χ2v) is 6.86. The van der Waals surface area contributed by atoms with Gasteiger partial charge in [0.25, 0.3) is 0 Å². The Morgan fingerprint density at radius 1 is 1.37 bits per heavy atom. The minimum absolute atomic E-state index is 0.0630. The molecule has 1 fully saturated rings. The number of rotatable bonds is 4. The van der Waals surface area contributed by atoms with Crippen LogP contribution in [0.15, 0.2) is 21.3 Å². The third-order valence-corrected chi connectivity index (χ3v) is 4.94. The van der Waals surface area contributed by atoms with E-state index in [2.05, 4.69) is 15.7 Å². The Kier molecular flexibility index (Phi) is 5.27. The van der Waals surface area contributed by atoms with E-state index in [1.54, 1.807) is 6.92 Å². The van der Waals surface area contributed by atoms with Crippen molar-refractivity contribution in [3.63, 3.8) is 0 Å². The molecule has 0 aliphatic carbocycles. The summed E-state index contributed by atoms with van der Waals surface area (Å²) in [5.41, 5.74) is -1.84. The van der Waals surface area contributed by atoms with Crippen molar-refractivity contribution in [1.29, 1.82) is 0 Å². The number of nitrogens with one attached hydrogen (secondary N) is 3. The number of H-pyrrole nitrogens is 1. The fourth-order valence-electron chi connectivity index (χ4n) is 3.61. The highest BCUT2D eigenvalue weighted by molar-refractivity contribution is 5.66. The number of aromatic amines is 1. The molecule has 0 spiro atoms. The summed E-state index contributed by atoms with van der Waals surface area (Å²) < 4.78 is 59.4. The third kappa shape index (κ3) is 4.15. The predicted molar refractivity (Wildman–Crippen MR) is 90.7 cm³/mol. The standard InChI is InChI=1S/C17H20F4N4O2/c1-8-7-22-4-3-11(8)9(2)23-13-6-10(15-24-25-16(26)27-15)5-12(18)14(13)17(19,20)21/h5-6,8-9,11,22-23H,3-4,7H2,1-2H3,(H,25,26)/t8-,9?,11+/m1/s1. The van der Waals surface area contributed by atoms with Crippen molar-refractivity contribution >= 4 is 5.69 Å². The monoisotopic (exact) mass is 388 g/mol. The molecule has 1 aromatic carbocycles. The minimum Gasteiger partial charge on any atom is -0.388 e. The summed E-state index contributed by atoms with van der Waals surface area (Å²) in [5.74, 6) is -2.23. The maximum atomic E-state index is 14.3. The van der Waals surface area contributed by atoms with Crippen LogP contribution in [0.2, 0.25) is 0 Å². The van der Waals surface area contributed by atoms with Gasteiger partial charge in [-0.25, -0.2) is 14.3 Å².